The molecule has 0 spiro atoms. The largest absolute Gasteiger partial charge is 0.372 e. The molecule has 0 aromatic carbocycles. The number of ether oxygens (including phenoxy) is 1. The van der Waals surface area contributed by atoms with Gasteiger partial charge in [-0.15, -0.1) is 0 Å². The normalized spacial score (nSPS) is 23.5. The SMILES string of the molecule is C[C@@H]1CN(c2ncc(C#N)cc2C=O)C[C@H](C)O1. The van der Waals surface area contributed by atoms with Gasteiger partial charge in [-0.3, -0.25) is 4.79 Å². The molecule has 0 amide bonds. The average molecular weight is 245 g/mol. The molecule has 0 radical (unpaired) electrons. The van der Waals surface area contributed by atoms with Crippen LogP contribution in [0.25, 0.3) is 0 Å². The molecule has 0 aliphatic carbocycles. The standard InChI is InChI=1S/C13H15N3O2/c1-9-6-16(7-10(2)18-9)13-12(8-17)3-11(4-14)5-15-13/h3,5,8-10H,6-7H2,1-2H3/t9-,10+. The van der Waals surface area contributed by atoms with Crippen molar-refractivity contribution in [2.45, 2.75) is 26.1 Å². The van der Waals surface area contributed by atoms with E-state index in [1.807, 2.05) is 24.8 Å². The van der Waals surface area contributed by atoms with Gasteiger partial charge < -0.3 is 9.64 Å². The molecular formula is C13H15N3O2. The molecule has 94 valence electrons. The van der Waals surface area contributed by atoms with Crippen molar-refractivity contribution in [3.63, 3.8) is 0 Å². The van der Waals surface area contributed by atoms with Crippen LogP contribution in [0.5, 0.6) is 0 Å². The third-order valence-corrected chi connectivity index (χ3v) is 2.87. The van der Waals surface area contributed by atoms with Crippen LogP contribution in [-0.2, 0) is 4.74 Å². The van der Waals surface area contributed by atoms with Crippen molar-refractivity contribution < 1.29 is 9.53 Å². The van der Waals surface area contributed by atoms with Gasteiger partial charge in [0.25, 0.3) is 0 Å². The van der Waals surface area contributed by atoms with Crippen molar-refractivity contribution in [1.29, 1.82) is 5.26 Å². The molecule has 5 heteroatoms. The second-order valence-electron chi connectivity index (χ2n) is 4.53. The zero-order chi connectivity index (χ0) is 13.1. The maximum Gasteiger partial charge on any atom is 0.153 e. The molecular weight excluding hydrogens is 230 g/mol. The maximum absolute atomic E-state index is 11.1. The van der Waals surface area contributed by atoms with E-state index >= 15 is 0 Å². The topological polar surface area (TPSA) is 66.2 Å². The van der Waals surface area contributed by atoms with Crippen molar-refractivity contribution in [1.82, 2.24) is 4.98 Å². The van der Waals surface area contributed by atoms with Gasteiger partial charge in [0, 0.05) is 19.3 Å². The quantitative estimate of drug-likeness (QED) is 0.736. The van der Waals surface area contributed by atoms with Crippen LogP contribution >= 0.6 is 0 Å². The molecule has 0 saturated carbocycles. The highest BCUT2D eigenvalue weighted by Gasteiger charge is 2.24. The molecule has 0 bridgehead atoms. The number of nitrogens with zero attached hydrogens (tertiary/aromatic N) is 3. The summed E-state index contributed by atoms with van der Waals surface area (Å²) in [4.78, 5) is 17.4. The van der Waals surface area contributed by atoms with E-state index < -0.39 is 0 Å². The molecule has 0 unspecified atom stereocenters. The van der Waals surface area contributed by atoms with Gasteiger partial charge in [-0.05, 0) is 19.9 Å². The molecule has 1 aromatic rings. The number of hydrogen-bond acceptors (Lipinski definition) is 5. The Balaban J connectivity index is 2.32. The number of carbonyl (C=O) groups is 1. The molecule has 1 saturated heterocycles. The number of pyridine rings is 1. The number of morpholine rings is 1. The summed E-state index contributed by atoms with van der Waals surface area (Å²) < 4.78 is 5.65. The minimum atomic E-state index is 0.102. The first-order valence-corrected chi connectivity index (χ1v) is 5.89. The van der Waals surface area contributed by atoms with Crippen LogP contribution in [-0.4, -0.2) is 36.6 Å². The Morgan fingerprint density at radius 3 is 2.72 bits per heavy atom. The van der Waals surface area contributed by atoms with Gasteiger partial charge >= 0.3 is 0 Å². The van der Waals surface area contributed by atoms with Crippen LogP contribution in [0.3, 0.4) is 0 Å². The van der Waals surface area contributed by atoms with Gasteiger partial charge in [-0.25, -0.2) is 4.98 Å². The number of aromatic nitrogens is 1. The van der Waals surface area contributed by atoms with Gasteiger partial charge in [-0.2, -0.15) is 5.26 Å². The summed E-state index contributed by atoms with van der Waals surface area (Å²) in [6, 6.07) is 3.55. The fraction of sp³-hybridized carbons (Fsp3) is 0.462. The summed E-state index contributed by atoms with van der Waals surface area (Å²) in [7, 11) is 0. The van der Waals surface area contributed by atoms with Crippen LogP contribution in [0.15, 0.2) is 12.3 Å². The number of nitriles is 1. The van der Waals surface area contributed by atoms with E-state index in [0.29, 0.717) is 30.0 Å². The van der Waals surface area contributed by atoms with E-state index in [1.54, 1.807) is 6.07 Å². The Morgan fingerprint density at radius 1 is 1.50 bits per heavy atom. The lowest BCUT2D eigenvalue weighted by Gasteiger charge is -2.36. The number of anilines is 1. The summed E-state index contributed by atoms with van der Waals surface area (Å²) in [6.07, 6.45) is 2.44. The first-order valence-electron chi connectivity index (χ1n) is 5.89. The van der Waals surface area contributed by atoms with Crippen molar-refractivity contribution in [3.05, 3.63) is 23.4 Å². The van der Waals surface area contributed by atoms with Crippen LogP contribution in [0.2, 0.25) is 0 Å². The summed E-state index contributed by atoms with van der Waals surface area (Å²) in [5.74, 6) is 0.631. The molecule has 18 heavy (non-hydrogen) atoms. The first kappa shape index (κ1) is 12.5. The Hall–Kier alpha value is -1.93. The fourth-order valence-electron chi connectivity index (χ4n) is 2.24. The first-order chi connectivity index (χ1) is 8.63. The minimum absolute atomic E-state index is 0.102. The van der Waals surface area contributed by atoms with E-state index in [4.69, 9.17) is 10.00 Å². The monoisotopic (exact) mass is 245 g/mol. The zero-order valence-corrected chi connectivity index (χ0v) is 10.5. The van der Waals surface area contributed by atoms with Crippen LogP contribution in [0.1, 0.15) is 29.8 Å². The van der Waals surface area contributed by atoms with Gasteiger partial charge in [0.05, 0.1) is 23.3 Å². The molecule has 0 N–H and O–H groups in total. The second kappa shape index (κ2) is 5.15. The smallest absolute Gasteiger partial charge is 0.153 e. The lowest BCUT2D eigenvalue weighted by Crippen LogP contribution is -2.46. The predicted octanol–water partition coefficient (Wildman–Crippen LogP) is 1.38. The van der Waals surface area contributed by atoms with Crippen LogP contribution < -0.4 is 4.90 Å². The molecule has 2 rings (SSSR count). The molecule has 1 aromatic heterocycles. The number of hydrogen-bond donors (Lipinski definition) is 0. The van der Waals surface area contributed by atoms with Crippen LogP contribution in [0, 0.1) is 11.3 Å². The van der Waals surface area contributed by atoms with E-state index in [1.165, 1.54) is 6.20 Å². The highest BCUT2D eigenvalue weighted by Crippen LogP contribution is 2.21. The van der Waals surface area contributed by atoms with Gasteiger partial charge in [0.2, 0.25) is 0 Å². The Morgan fingerprint density at radius 2 is 2.17 bits per heavy atom. The zero-order valence-electron chi connectivity index (χ0n) is 10.5. The average Bonchev–Trinajstić information content (AvgIpc) is 2.36. The molecule has 1 aliphatic heterocycles. The van der Waals surface area contributed by atoms with Crippen LogP contribution in [0.4, 0.5) is 5.82 Å². The van der Waals surface area contributed by atoms with Gasteiger partial charge in [-0.1, -0.05) is 0 Å². The summed E-state index contributed by atoms with van der Waals surface area (Å²) in [5.41, 5.74) is 0.852. The van der Waals surface area contributed by atoms with Crippen molar-refractivity contribution in [2.24, 2.45) is 0 Å². The second-order valence-corrected chi connectivity index (χ2v) is 4.53. The Bertz CT molecular complexity index is 485. The Kier molecular flexibility index (Phi) is 3.58. The van der Waals surface area contributed by atoms with E-state index in [0.717, 1.165) is 6.29 Å². The molecule has 2 atom stereocenters. The molecule has 1 fully saturated rings. The minimum Gasteiger partial charge on any atom is -0.372 e. The predicted molar refractivity (Wildman–Crippen MR) is 66.6 cm³/mol. The van der Waals surface area contributed by atoms with Crippen molar-refractivity contribution in [2.75, 3.05) is 18.0 Å². The highest BCUT2D eigenvalue weighted by molar-refractivity contribution is 5.83. The lowest BCUT2D eigenvalue weighted by molar-refractivity contribution is -0.00549. The molecule has 2 heterocycles. The lowest BCUT2D eigenvalue weighted by atomic mass is 10.1. The third kappa shape index (κ3) is 2.49. The van der Waals surface area contributed by atoms with Crippen molar-refractivity contribution >= 4 is 12.1 Å². The van der Waals surface area contributed by atoms with Crippen molar-refractivity contribution in [3.8, 4) is 6.07 Å². The molecule has 1 aliphatic rings. The van der Waals surface area contributed by atoms with Gasteiger partial charge in [0.1, 0.15) is 11.9 Å². The third-order valence-electron chi connectivity index (χ3n) is 2.87. The summed E-state index contributed by atoms with van der Waals surface area (Å²) >= 11 is 0. The summed E-state index contributed by atoms with van der Waals surface area (Å²) in [6.45, 7) is 5.38. The van der Waals surface area contributed by atoms with E-state index in [-0.39, 0.29) is 12.2 Å². The van der Waals surface area contributed by atoms with Gasteiger partial charge in [0.15, 0.2) is 6.29 Å². The number of rotatable bonds is 2. The molecule has 5 nitrogen and oxygen atoms in total. The summed E-state index contributed by atoms with van der Waals surface area (Å²) in [5, 5.41) is 8.80. The Labute approximate surface area is 106 Å². The number of aldehydes is 1. The fourth-order valence-corrected chi connectivity index (χ4v) is 2.24. The van der Waals surface area contributed by atoms with E-state index in [2.05, 4.69) is 4.98 Å². The number of carbonyl (C=O) groups excluding carboxylic acids is 1. The van der Waals surface area contributed by atoms with E-state index in [9.17, 15) is 4.79 Å². The maximum atomic E-state index is 11.1. The highest BCUT2D eigenvalue weighted by atomic mass is 16.5.